The van der Waals surface area contributed by atoms with E-state index in [4.69, 9.17) is 16.2 Å². The number of nitrogens with two attached hydrogens (primary N) is 2. The number of rotatable bonds is 3. The third-order valence-corrected chi connectivity index (χ3v) is 1.56. The van der Waals surface area contributed by atoms with E-state index in [0.29, 0.717) is 12.5 Å². The number of hydrogen-bond acceptors (Lipinski definition) is 7. The minimum Gasteiger partial charge on any atom is -0.371 e. The van der Waals surface area contributed by atoms with Gasteiger partial charge in [0.05, 0.1) is 12.7 Å². The van der Waals surface area contributed by atoms with Crippen LogP contribution in [0.15, 0.2) is 0 Å². The Morgan fingerprint density at radius 1 is 1.31 bits per heavy atom. The van der Waals surface area contributed by atoms with Crippen molar-refractivity contribution in [2.45, 2.75) is 6.10 Å². The van der Waals surface area contributed by atoms with Crippen LogP contribution in [-0.2, 0) is 4.74 Å². The van der Waals surface area contributed by atoms with Gasteiger partial charge in [0.25, 0.3) is 0 Å². The number of nitrogens with zero attached hydrogens (tertiary/aromatic N) is 3. The summed E-state index contributed by atoms with van der Waals surface area (Å²) in [5.74, 6) is 0.624. The number of ether oxygens (including phenoxy) is 1. The Kier molecular flexibility index (Phi) is 1.85. The largest absolute Gasteiger partial charge is 0.371 e. The molecular formula is C6H10N6O. The van der Waals surface area contributed by atoms with Gasteiger partial charge in [-0.15, -0.1) is 0 Å². The van der Waals surface area contributed by atoms with Gasteiger partial charge >= 0.3 is 0 Å². The average Bonchev–Trinajstić information content (AvgIpc) is 2.81. The van der Waals surface area contributed by atoms with Crippen molar-refractivity contribution < 1.29 is 4.74 Å². The van der Waals surface area contributed by atoms with Gasteiger partial charge in [-0.25, -0.2) is 0 Å². The number of nitrogens with one attached hydrogen (secondary N) is 1. The van der Waals surface area contributed by atoms with Crippen molar-refractivity contribution in [1.29, 1.82) is 0 Å². The van der Waals surface area contributed by atoms with Crippen LogP contribution < -0.4 is 16.8 Å². The van der Waals surface area contributed by atoms with E-state index < -0.39 is 0 Å². The Bertz CT molecular complexity index is 292. The van der Waals surface area contributed by atoms with Gasteiger partial charge < -0.3 is 21.5 Å². The molecule has 0 saturated carbocycles. The molecule has 1 aliphatic rings. The van der Waals surface area contributed by atoms with Gasteiger partial charge in [0.15, 0.2) is 0 Å². The second kappa shape index (κ2) is 3.02. The lowest BCUT2D eigenvalue weighted by atomic mass is 10.5. The van der Waals surface area contributed by atoms with E-state index in [1.807, 2.05) is 0 Å². The number of hydrogen-bond donors (Lipinski definition) is 3. The molecule has 7 nitrogen and oxygen atoms in total. The normalized spacial score (nSPS) is 19.8. The van der Waals surface area contributed by atoms with Gasteiger partial charge in [-0.05, 0) is 0 Å². The standard InChI is InChI=1S/C6H10N6O/c7-4-10-5(8)12-6(11-4)9-1-3-2-13-3/h3H,1-2H2,(H5,7,8,9,10,11,12). The van der Waals surface area contributed by atoms with Crippen LogP contribution in [-0.4, -0.2) is 34.2 Å². The molecule has 1 aromatic rings. The van der Waals surface area contributed by atoms with Gasteiger partial charge in [-0.3, -0.25) is 0 Å². The molecule has 7 heteroatoms. The minimum absolute atomic E-state index is 0.117. The zero-order valence-electron chi connectivity index (χ0n) is 6.90. The number of nitrogen functional groups attached to an aromatic ring is 2. The first kappa shape index (κ1) is 7.99. The molecule has 1 aromatic heterocycles. The van der Waals surface area contributed by atoms with Gasteiger partial charge in [-0.1, -0.05) is 0 Å². The van der Waals surface area contributed by atoms with Gasteiger partial charge in [0.2, 0.25) is 17.8 Å². The first-order valence-electron chi connectivity index (χ1n) is 3.86. The Hall–Kier alpha value is -1.63. The fourth-order valence-corrected chi connectivity index (χ4v) is 0.879. The SMILES string of the molecule is Nc1nc(N)nc(NCC2CO2)n1. The van der Waals surface area contributed by atoms with Crippen molar-refractivity contribution in [2.24, 2.45) is 0 Å². The molecule has 0 radical (unpaired) electrons. The van der Waals surface area contributed by atoms with Crippen molar-refractivity contribution in [3.63, 3.8) is 0 Å². The summed E-state index contributed by atoms with van der Waals surface area (Å²) in [4.78, 5) is 11.3. The Balaban J connectivity index is 2.01. The summed E-state index contributed by atoms with van der Waals surface area (Å²) in [5.41, 5.74) is 10.7. The summed E-state index contributed by atoms with van der Waals surface area (Å²) in [6, 6.07) is 0. The highest BCUT2D eigenvalue weighted by Gasteiger charge is 2.22. The summed E-state index contributed by atoms with van der Waals surface area (Å²) in [6.45, 7) is 1.45. The molecule has 0 aromatic carbocycles. The quantitative estimate of drug-likeness (QED) is 0.505. The maximum Gasteiger partial charge on any atom is 0.229 e. The van der Waals surface area contributed by atoms with Crippen LogP contribution in [0.2, 0.25) is 0 Å². The first-order valence-corrected chi connectivity index (χ1v) is 3.86. The number of aromatic nitrogens is 3. The maximum absolute atomic E-state index is 5.37. The molecule has 0 aliphatic carbocycles. The molecule has 1 fully saturated rings. The summed E-state index contributed by atoms with van der Waals surface area (Å²) < 4.78 is 4.99. The summed E-state index contributed by atoms with van der Waals surface area (Å²) in [6.07, 6.45) is 0.263. The highest BCUT2D eigenvalue weighted by molar-refractivity contribution is 5.37. The molecule has 1 atom stereocenters. The van der Waals surface area contributed by atoms with Gasteiger partial charge in [-0.2, -0.15) is 15.0 Å². The van der Waals surface area contributed by atoms with E-state index in [9.17, 15) is 0 Å². The topological polar surface area (TPSA) is 115 Å². The monoisotopic (exact) mass is 182 g/mol. The van der Waals surface area contributed by atoms with Crippen LogP contribution >= 0.6 is 0 Å². The van der Waals surface area contributed by atoms with Crippen molar-refractivity contribution >= 4 is 17.8 Å². The molecule has 1 aliphatic heterocycles. The molecular weight excluding hydrogens is 172 g/mol. The van der Waals surface area contributed by atoms with Gasteiger partial charge in [0.1, 0.15) is 0 Å². The molecule has 2 rings (SSSR count). The van der Waals surface area contributed by atoms with Crippen LogP contribution in [0, 0.1) is 0 Å². The fraction of sp³-hybridized carbons (Fsp3) is 0.500. The molecule has 0 spiro atoms. The molecule has 70 valence electrons. The van der Waals surface area contributed by atoms with Crippen LogP contribution in [0.4, 0.5) is 17.8 Å². The van der Waals surface area contributed by atoms with Gasteiger partial charge in [0, 0.05) is 6.54 Å². The molecule has 13 heavy (non-hydrogen) atoms. The maximum atomic E-state index is 5.37. The zero-order valence-corrected chi connectivity index (χ0v) is 6.90. The summed E-state index contributed by atoms with van der Waals surface area (Å²) >= 11 is 0. The van der Waals surface area contributed by atoms with E-state index in [-0.39, 0.29) is 18.0 Å². The van der Waals surface area contributed by atoms with Crippen LogP contribution in [0.25, 0.3) is 0 Å². The lowest BCUT2D eigenvalue weighted by Gasteiger charge is -2.02. The van der Waals surface area contributed by atoms with E-state index in [1.54, 1.807) is 0 Å². The van der Waals surface area contributed by atoms with E-state index in [2.05, 4.69) is 20.3 Å². The third kappa shape index (κ3) is 2.15. The van der Waals surface area contributed by atoms with Crippen LogP contribution in [0.3, 0.4) is 0 Å². The predicted octanol–water partition coefficient (Wildman–Crippen LogP) is -1.15. The summed E-state index contributed by atoms with van der Waals surface area (Å²) in [7, 11) is 0. The number of anilines is 3. The van der Waals surface area contributed by atoms with Crippen molar-refractivity contribution in [3.8, 4) is 0 Å². The molecule has 0 bridgehead atoms. The molecule has 2 heterocycles. The van der Waals surface area contributed by atoms with E-state index >= 15 is 0 Å². The van der Waals surface area contributed by atoms with Crippen LogP contribution in [0.5, 0.6) is 0 Å². The first-order chi connectivity index (χ1) is 6.24. The highest BCUT2D eigenvalue weighted by atomic mass is 16.6. The van der Waals surface area contributed by atoms with Crippen molar-refractivity contribution in [1.82, 2.24) is 15.0 Å². The smallest absolute Gasteiger partial charge is 0.229 e. The fourth-order valence-electron chi connectivity index (χ4n) is 0.879. The van der Waals surface area contributed by atoms with E-state index in [1.165, 1.54) is 0 Å². The van der Waals surface area contributed by atoms with E-state index in [0.717, 1.165) is 6.61 Å². The second-order valence-corrected chi connectivity index (χ2v) is 2.71. The lowest BCUT2D eigenvalue weighted by Crippen LogP contribution is -2.13. The minimum atomic E-state index is 0.117. The van der Waals surface area contributed by atoms with Crippen LogP contribution in [0.1, 0.15) is 0 Å². The third-order valence-electron chi connectivity index (χ3n) is 1.56. The number of epoxide rings is 1. The predicted molar refractivity (Wildman–Crippen MR) is 46.9 cm³/mol. The summed E-state index contributed by atoms with van der Waals surface area (Å²) in [5, 5.41) is 2.94. The molecule has 1 saturated heterocycles. The zero-order chi connectivity index (χ0) is 9.26. The Morgan fingerprint density at radius 2 is 1.92 bits per heavy atom. The highest BCUT2D eigenvalue weighted by Crippen LogP contribution is 2.10. The average molecular weight is 182 g/mol. The molecule has 0 amide bonds. The molecule has 5 N–H and O–H groups in total. The Labute approximate surface area is 74.5 Å². The second-order valence-electron chi connectivity index (χ2n) is 2.71. The van der Waals surface area contributed by atoms with Crippen molar-refractivity contribution in [3.05, 3.63) is 0 Å². The van der Waals surface area contributed by atoms with Crippen molar-refractivity contribution in [2.75, 3.05) is 29.9 Å². The molecule has 1 unspecified atom stereocenters. The lowest BCUT2D eigenvalue weighted by molar-refractivity contribution is 0.416. The Morgan fingerprint density at radius 3 is 2.46 bits per heavy atom.